The summed E-state index contributed by atoms with van der Waals surface area (Å²) in [5, 5.41) is 8.72. The zero-order valence-corrected chi connectivity index (χ0v) is 12.3. The van der Waals surface area contributed by atoms with Crippen molar-refractivity contribution in [2.75, 3.05) is 6.54 Å². The number of nitrogens with zero attached hydrogens (tertiary/aromatic N) is 4. The summed E-state index contributed by atoms with van der Waals surface area (Å²) in [6, 6.07) is 0.401. The van der Waals surface area contributed by atoms with E-state index >= 15 is 0 Å². The zero-order valence-electron chi connectivity index (χ0n) is 12.3. The predicted octanol–water partition coefficient (Wildman–Crippen LogP) is 1.95. The van der Waals surface area contributed by atoms with Crippen LogP contribution in [0.1, 0.15) is 57.1 Å². The second-order valence-electron chi connectivity index (χ2n) is 6.17. The highest BCUT2D eigenvalue weighted by Gasteiger charge is 2.26. The fourth-order valence-electron chi connectivity index (χ4n) is 3.50. The van der Waals surface area contributed by atoms with Crippen molar-refractivity contribution >= 4 is 5.78 Å². The second-order valence-corrected chi connectivity index (χ2v) is 6.17. The Balaban J connectivity index is 1.71. The number of hydrogen-bond donors (Lipinski definition) is 0. The van der Waals surface area contributed by atoms with Gasteiger partial charge in [0.05, 0.1) is 6.54 Å². The Morgan fingerprint density at radius 3 is 2.90 bits per heavy atom. The molecule has 1 aromatic heterocycles. The van der Waals surface area contributed by atoms with Crippen molar-refractivity contribution in [1.29, 1.82) is 0 Å². The topological polar surface area (TPSA) is 51.0 Å². The van der Waals surface area contributed by atoms with Gasteiger partial charge in [0, 0.05) is 25.4 Å². The van der Waals surface area contributed by atoms with Crippen LogP contribution in [0.3, 0.4) is 0 Å². The molecule has 0 aliphatic carbocycles. The van der Waals surface area contributed by atoms with Gasteiger partial charge in [-0.05, 0) is 39.2 Å². The maximum atomic E-state index is 11.4. The highest BCUT2D eigenvalue weighted by atomic mass is 16.1. The third kappa shape index (κ3) is 2.92. The van der Waals surface area contributed by atoms with Gasteiger partial charge in [0.1, 0.15) is 17.4 Å². The Bertz CT molecular complexity index is 482. The smallest absolute Gasteiger partial charge is 0.147 e. The number of ketones is 1. The molecule has 20 heavy (non-hydrogen) atoms. The first kappa shape index (κ1) is 13.7. The van der Waals surface area contributed by atoms with Gasteiger partial charge < -0.3 is 4.57 Å². The van der Waals surface area contributed by atoms with Gasteiger partial charge in [0.15, 0.2) is 0 Å². The molecule has 5 nitrogen and oxygen atoms in total. The van der Waals surface area contributed by atoms with E-state index in [0.717, 1.165) is 44.1 Å². The van der Waals surface area contributed by atoms with E-state index in [1.54, 1.807) is 6.92 Å². The first-order valence-corrected chi connectivity index (χ1v) is 7.88. The van der Waals surface area contributed by atoms with E-state index in [1.165, 1.54) is 25.7 Å². The highest BCUT2D eigenvalue weighted by Crippen LogP contribution is 2.23. The van der Waals surface area contributed by atoms with Crippen molar-refractivity contribution in [2.24, 2.45) is 0 Å². The summed E-state index contributed by atoms with van der Waals surface area (Å²) in [5.74, 6) is 2.53. The number of carbonyl (C=O) groups is 1. The molecule has 1 unspecified atom stereocenters. The van der Waals surface area contributed by atoms with Crippen LogP contribution in [0.5, 0.6) is 0 Å². The zero-order chi connectivity index (χ0) is 13.9. The van der Waals surface area contributed by atoms with E-state index in [9.17, 15) is 4.79 Å². The number of aryl methyl sites for hydroxylation is 1. The molecule has 5 heteroatoms. The molecule has 2 aliphatic rings. The van der Waals surface area contributed by atoms with E-state index in [2.05, 4.69) is 19.7 Å². The number of piperidine rings is 1. The fourth-order valence-corrected chi connectivity index (χ4v) is 3.50. The minimum atomic E-state index is 0.296. The molecule has 1 aromatic rings. The van der Waals surface area contributed by atoms with Crippen LogP contribution < -0.4 is 0 Å². The average molecular weight is 276 g/mol. The minimum Gasteiger partial charge on any atom is -0.314 e. The summed E-state index contributed by atoms with van der Waals surface area (Å²) in [7, 11) is 0. The van der Waals surface area contributed by atoms with Gasteiger partial charge in [0.2, 0.25) is 0 Å². The van der Waals surface area contributed by atoms with E-state index in [-0.39, 0.29) is 0 Å². The molecule has 0 N–H and O–H groups in total. The third-order valence-electron chi connectivity index (χ3n) is 4.55. The molecule has 0 aromatic carbocycles. The van der Waals surface area contributed by atoms with Crippen LogP contribution >= 0.6 is 0 Å². The molecule has 0 saturated carbocycles. The minimum absolute atomic E-state index is 0.296. The summed E-state index contributed by atoms with van der Waals surface area (Å²) >= 11 is 0. The van der Waals surface area contributed by atoms with Crippen LogP contribution in [0.25, 0.3) is 0 Å². The number of rotatable bonds is 4. The first-order valence-electron chi connectivity index (χ1n) is 7.88. The maximum absolute atomic E-state index is 11.4. The lowest BCUT2D eigenvalue weighted by Gasteiger charge is -2.35. The lowest BCUT2D eigenvalue weighted by molar-refractivity contribution is -0.118. The number of hydrogen-bond acceptors (Lipinski definition) is 4. The molecular formula is C15H24N4O. The molecule has 110 valence electrons. The molecule has 1 fully saturated rings. The number of likely N-dealkylation sites (tertiary alicyclic amines) is 1. The number of carbonyl (C=O) groups excluding carboxylic acids is 1. The molecule has 0 spiro atoms. The summed E-state index contributed by atoms with van der Waals surface area (Å²) in [4.78, 5) is 13.9. The van der Waals surface area contributed by atoms with Crippen molar-refractivity contribution < 1.29 is 4.79 Å². The van der Waals surface area contributed by atoms with Crippen molar-refractivity contribution in [3.05, 3.63) is 11.6 Å². The molecule has 1 atom stereocenters. The number of Topliss-reactive ketones (excluding diaryl/α,β-unsaturated/α-hetero) is 1. The quantitative estimate of drug-likeness (QED) is 0.843. The molecule has 0 amide bonds. The molecule has 1 saturated heterocycles. The van der Waals surface area contributed by atoms with Crippen LogP contribution in [0, 0.1) is 0 Å². The highest BCUT2D eigenvalue weighted by molar-refractivity contribution is 5.76. The molecule has 0 radical (unpaired) electrons. The van der Waals surface area contributed by atoms with Gasteiger partial charge in [-0.15, -0.1) is 10.2 Å². The van der Waals surface area contributed by atoms with Crippen LogP contribution in [-0.4, -0.2) is 38.0 Å². The number of fused-ring (bicyclic) bond motifs is 1. The maximum Gasteiger partial charge on any atom is 0.147 e. The average Bonchev–Trinajstić information content (AvgIpc) is 2.84. The largest absolute Gasteiger partial charge is 0.314 e. The Hall–Kier alpha value is -1.23. The number of aromatic nitrogens is 3. The van der Waals surface area contributed by atoms with Crippen LogP contribution in [0.2, 0.25) is 0 Å². The van der Waals surface area contributed by atoms with Crippen LogP contribution in [-0.2, 0) is 24.3 Å². The van der Waals surface area contributed by atoms with Gasteiger partial charge in [-0.1, -0.05) is 6.42 Å². The van der Waals surface area contributed by atoms with Gasteiger partial charge >= 0.3 is 0 Å². The lowest BCUT2D eigenvalue weighted by atomic mass is 9.98. The van der Waals surface area contributed by atoms with Crippen molar-refractivity contribution in [3.8, 4) is 0 Å². The Kier molecular flexibility index (Phi) is 4.15. The molecule has 0 bridgehead atoms. The van der Waals surface area contributed by atoms with Gasteiger partial charge in [-0.3, -0.25) is 9.69 Å². The van der Waals surface area contributed by atoms with Crippen molar-refractivity contribution in [3.63, 3.8) is 0 Å². The predicted molar refractivity (Wildman–Crippen MR) is 76.3 cm³/mol. The van der Waals surface area contributed by atoms with E-state index in [1.807, 2.05) is 0 Å². The monoisotopic (exact) mass is 276 g/mol. The fraction of sp³-hybridized carbons (Fsp3) is 0.800. The normalized spacial score (nSPS) is 23.6. The van der Waals surface area contributed by atoms with E-state index in [0.29, 0.717) is 18.2 Å². The van der Waals surface area contributed by atoms with E-state index in [4.69, 9.17) is 0 Å². The summed E-state index contributed by atoms with van der Waals surface area (Å²) in [6.07, 6.45) is 7.82. The van der Waals surface area contributed by atoms with Crippen molar-refractivity contribution in [1.82, 2.24) is 19.7 Å². The van der Waals surface area contributed by atoms with Crippen molar-refractivity contribution in [2.45, 2.75) is 71.0 Å². The lowest BCUT2D eigenvalue weighted by Crippen LogP contribution is -2.40. The van der Waals surface area contributed by atoms with Gasteiger partial charge in [-0.25, -0.2) is 0 Å². The van der Waals surface area contributed by atoms with Gasteiger partial charge in [0.25, 0.3) is 0 Å². The summed E-state index contributed by atoms with van der Waals surface area (Å²) < 4.78 is 2.29. The molecule has 2 aliphatic heterocycles. The Morgan fingerprint density at radius 2 is 2.05 bits per heavy atom. The molecular weight excluding hydrogens is 252 g/mol. The van der Waals surface area contributed by atoms with Gasteiger partial charge in [-0.2, -0.15) is 0 Å². The molecule has 3 rings (SSSR count). The van der Waals surface area contributed by atoms with Crippen LogP contribution in [0.15, 0.2) is 0 Å². The Labute approximate surface area is 120 Å². The SMILES string of the molecule is CC(=O)CC1CCCCN1Cc1nnc2n1CCCC2. The summed E-state index contributed by atoms with van der Waals surface area (Å²) in [5.41, 5.74) is 0. The van der Waals surface area contributed by atoms with E-state index < -0.39 is 0 Å². The Morgan fingerprint density at radius 1 is 1.20 bits per heavy atom. The first-order chi connectivity index (χ1) is 9.74. The molecule has 3 heterocycles. The summed E-state index contributed by atoms with van der Waals surface area (Å²) in [6.45, 7) is 4.69. The third-order valence-corrected chi connectivity index (χ3v) is 4.55. The standard InChI is InChI=1S/C15H24N4O/c1-12(20)10-13-6-2-4-8-18(13)11-15-17-16-14-7-3-5-9-19(14)15/h13H,2-11H2,1H3. The second kappa shape index (κ2) is 6.04. The van der Waals surface area contributed by atoms with Crippen LogP contribution in [0.4, 0.5) is 0 Å².